The van der Waals surface area contributed by atoms with E-state index in [0.717, 1.165) is 16.9 Å². The van der Waals surface area contributed by atoms with Crippen molar-refractivity contribution in [3.63, 3.8) is 0 Å². The van der Waals surface area contributed by atoms with Crippen LogP contribution in [0, 0.1) is 0 Å². The fourth-order valence-corrected chi connectivity index (χ4v) is 4.03. The van der Waals surface area contributed by atoms with Crippen molar-refractivity contribution in [1.82, 2.24) is 14.8 Å². The molecule has 0 spiro atoms. The quantitative estimate of drug-likeness (QED) is 0.702. The minimum Gasteiger partial charge on any atom is -0.381 e. The number of hydrogen-bond donors (Lipinski definition) is 1. The van der Waals surface area contributed by atoms with E-state index >= 15 is 0 Å². The summed E-state index contributed by atoms with van der Waals surface area (Å²) in [6.07, 6.45) is 6.52. The van der Waals surface area contributed by atoms with Crippen LogP contribution >= 0.6 is 0 Å². The van der Waals surface area contributed by atoms with Crippen LogP contribution in [-0.2, 0) is 12.5 Å². The van der Waals surface area contributed by atoms with Gasteiger partial charge in [-0.15, -0.1) is 0 Å². The Bertz CT molecular complexity index is 911. The highest BCUT2D eigenvalue weighted by Crippen LogP contribution is 2.38. The van der Waals surface area contributed by atoms with Crippen molar-refractivity contribution >= 4 is 27.6 Å². The number of fused-ring (bicyclic) bond motifs is 2. The Morgan fingerprint density at radius 3 is 2.52 bits per heavy atom. The lowest BCUT2D eigenvalue weighted by molar-refractivity contribution is 0.463. The third kappa shape index (κ3) is 2.88. The highest BCUT2D eigenvalue weighted by molar-refractivity contribution is 6.08. The van der Waals surface area contributed by atoms with Crippen LogP contribution in [0.15, 0.2) is 24.3 Å². The minimum absolute atomic E-state index is 0.0212. The van der Waals surface area contributed by atoms with Gasteiger partial charge in [0, 0.05) is 23.9 Å². The Kier molecular flexibility index (Phi) is 3.94. The van der Waals surface area contributed by atoms with Crippen molar-refractivity contribution in [2.24, 2.45) is 7.05 Å². The van der Waals surface area contributed by atoms with E-state index in [1.165, 1.54) is 48.6 Å². The molecule has 0 bridgehead atoms. The maximum atomic E-state index is 4.93. The summed E-state index contributed by atoms with van der Waals surface area (Å²) in [6, 6.07) is 9.01. The molecule has 25 heavy (non-hydrogen) atoms. The molecule has 4 heteroatoms. The van der Waals surface area contributed by atoms with Crippen molar-refractivity contribution < 1.29 is 0 Å². The SMILES string of the molecule is Cn1nc(C(C)(C)C)c2c(NC3CCCCC3)c3ccccc3nc21. The van der Waals surface area contributed by atoms with E-state index < -0.39 is 0 Å². The van der Waals surface area contributed by atoms with Gasteiger partial charge in [0.2, 0.25) is 0 Å². The zero-order valence-electron chi connectivity index (χ0n) is 15.8. The van der Waals surface area contributed by atoms with Gasteiger partial charge in [0.05, 0.1) is 22.3 Å². The number of benzene rings is 1. The van der Waals surface area contributed by atoms with Crippen LogP contribution in [0.5, 0.6) is 0 Å². The smallest absolute Gasteiger partial charge is 0.160 e. The normalized spacial score (nSPS) is 16.6. The largest absolute Gasteiger partial charge is 0.381 e. The molecular formula is C21H28N4. The Hall–Kier alpha value is -2.10. The van der Waals surface area contributed by atoms with Crippen LogP contribution in [0.25, 0.3) is 21.9 Å². The Labute approximate surface area is 149 Å². The number of aromatic nitrogens is 3. The van der Waals surface area contributed by atoms with E-state index in [2.05, 4.69) is 50.4 Å². The number of rotatable bonds is 2. The van der Waals surface area contributed by atoms with Crippen molar-refractivity contribution in [2.75, 3.05) is 5.32 Å². The van der Waals surface area contributed by atoms with Crippen LogP contribution in [0.2, 0.25) is 0 Å². The van der Waals surface area contributed by atoms with Gasteiger partial charge >= 0.3 is 0 Å². The van der Waals surface area contributed by atoms with Crippen LogP contribution in [-0.4, -0.2) is 20.8 Å². The van der Waals surface area contributed by atoms with Crippen LogP contribution < -0.4 is 5.32 Å². The Morgan fingerprint density at radius 2 is 1.80 bits per heavy atom. The van der Waals surface area contributed by atoms with Crippen molar-refractivity contribution in [1.29, 1.82) is 0 Å². The summed E-state index contributed by atoms with van der Waals surface area (Å²) in [6.45, 7) is 6.69. The summed E-state index contributed by atoms with van der Waals surface area (Å²) >= 11 is 0. The fourth-order valence-electron chi connectivity index (χ4n) is 4.03. The maximum absolute atomic E-state index is 4.93. The van der Waals surface area contributed by atoms with Gasteiger partial charge in [-0.25, -0.2) is 4.98 Å². The van der Waals surface area contributed by atoms with Crippen molar-refractivity contribution in [2.45, 2.75) is 64.3 Å². The number of pyridine rings is 1. The average molecular weight is 336 g/mol. The van der Waals surface area contributed by atoms with Gasteiger partial charge < -0.3 is 5.32 Å². The molecule has 4 rings (SSSR count). The monoisotopic (exact) mass is 336 g/mol. The molecule has 0 radical (unpaired) electrons. The van der Waals surface area contributed by atoms with Crippen LogP contribution in [0.4, 0.5) is 5.69 Å². The van der Waals surface area contributed by atoms with Crippen LogP contribution in [0.1, 0.15) is 58.6 Å². The molecule has 0 saturated heterocycles. The predicted octanol–water partition coefficient (Wildman–Crippen LogP) is 5.16. The highest BCUT2D eigenvalue weighted by atomic mass is 15.3. The van der Waals surface area contributed by atoms with Gasteiger partial charge in [-0.05, 0) is 18.9 Å². The van der Waals surface area contributed by atoms with Crippen LogP contribution in [0.3, 0.4) is 0 Å². The third-order valence-electron chi connectivity index (χ3n) is 5.33. The molecule has 2 aromatic heterocycles. The Morgan fingerprint density at radius 1 is 1.08 bits per heavy atom. The molecular weight excluding hydrogens is 308 g/mol. The van der Waals surface area contributed by atoms with Gasteiger partial charge in [-0.1, -0.05) is 58.2 Å². The Balaban J connectivity index is 1.99. The van der Waals surface area contributed by atoms with E-state index in [-0.39, 0.29) is 5.41 Å². The molecule has 1 aliphatic rings. The zero-order chi connectivity index (χ0) is 17.6. The number of anilines is 1. The predicted molar refractivity (Wildman–Crippen MR) is 105 cm³/mol. The van der Waals surface area contributed by atoms with E-state index in [1.807, 2.05) is 11.7 Å². The summed E-state index contributed by atoms with van der Waals surface area (Å²) in [5.41, 5.74) is 4.35. The average Bonchev–Trinajstić information content (AvgIpc) is 2.93. The summed E-state index contributed by atoms with van der Waals surface area (Å²) in [5, 5.41) is 11.2. The molecule has 4 nitrogen and oxygen atoms in total. The van der Waals surface area contributed by atoms with Gasteiger partial charge in [0.1, 0.15) is 0 Å². The lowest BCUT2D eigenvalue weighted by Gasteiger charge is -2.26. The first-order valence-corrected chi connectivity index (χ1v) is 9.47. The lowest BCUT2D eigenvalue weighted by Crippen LogP contribution is -2.23. The first kappa shape index (κ1) is 16.4. The third-order valence-corrected chi connectivity index (χ3v) is 5.33. The first-order chi connectivity index (χ1) is 11.9. The molecule has 1 aliphatic carbocycles. The summed E-state index contributed by atoms with van der Waals surface area (Å²) in [5.74, 6) is 0. The minimum atomic E-state index is -0.0212. The van der Waals surface area contributed by atoms with E-state index in [9.17, 15) is 0 Å². The van der Waals surface area contributed by atoms with Crippen molar-refractivity contribution in [3.8, 4) is 0 Å². The second kappa shape index (κ2) is 6.01. The number of aryl methyl sites for hydroxylation is 1. The molecule has 0 amide bonds. The van der Waals surface area contributed by atoms with Gasteiger partial charge in [0.25, 0.3) is 0 Å². The standard InChI is InChI=1S/C21H28N4/c1-21(2,3)19-17-18(22-14-10-6-5-7-11-14)15-12-8-9-13-16(15)23-20(17)25(4)24-19/h8-9,12-14H,5-7,10-11H2,1-4H3,(H,22,23). The molecule has 3 aromatic rings. The number of nitrogens with one attached hydrogen (secondary N) is 1. The molecule has 0 aliphatic heterocycles. The number of nitrogens with zero attached hydrogens (tertiary/aromatic N) is 3. The van der Waals surface area contributed by atoms with E-state index in [0.29, 0.717) is 6.04 Å². The number of para-hydroxylation sites is 1. The van der Waals surface area contributed by atoms with Gasteiger partial charge in [-0.3, -0.25) is 4.68 Å². The highest BCUT2D eigenvalue weighted by Gasteiger charge is 2.27. The topological polar surface area (TPSA) is 42.7 Å². The fraction of sp³-hybridized carbons (Fsp3) is 0.524. The van der Waals surface area contributed by atoms with Gasteiger partial charge in [0.15, 0.2) is 5.65 Å². The lowest BCUT2D eigenvalue weighted by atomic mass is 9.89. The molecule has 1 saturated carbocycles. The molecule has 0 unspecified atom stereocenters. The number of hydrogen-bond acceptors (Lipinski definition) is 3. The van der Waals surface area contributed by atoms with E-state index in [1.54, 1.807) is 0 Å². The maximum Gasteiger partial charge on any atom is 0.160 e. The second-order valence-corrected chi connectivity index (χ2v) is 8.40. The molecule has 132 valence electrons. The molecule has 1 N–H and O–H groups in total. The molecule has 2 heterocycles. The zero-order valence-corrected chi connectivity index (χ0v) is 15.8. The first-order valence-electron chi connectivity index (χ1n) is 9.47. The molecule has 1 fully saturated rings. The van der Waals surface area contributed by atoms with E-state index in [4.69, 9.17) is 10.1 Å². The molecule has 1 aromatic carbocycles. The summed E-state index contributed by atoms with van der Waals surface area (Å²) in [4.78, 5) is 4.93. The summed E-state index contributed by atoms with van der Waals surface area (Å²) < 4.78 is 1.94. The summed E-state index contributed by atoms with van der Waals surface area (Å²) in [7, 11) is 2.00. The van der Waals surface area contributed by atoms with Gasteiger partial charge in [-0.2, -0.15) is 5.10 Å². The van der Waals surface area contributed by atoms with Crippen molar-refractivity contribution in [3.05, 3.63) is 30.0 Å². The molecule has 0 atom stereocenters. The second-order valence-electron chi connectivity index (χ2n) is 8.40.